The molecule has 0 saturated heterocycles. The molecular formula is C15H16Cl2IN3. The summed E-state index contributed by atoms with van der Waals surface area (Å²) in [6, 6.07) is 5.44. The van der Waals surface area contributed by atoms with E-state index in [0.29, 0.717) is 28.1 Å². The Morgan fingerprint density at radius 1 is 1.14 bits per heavy atom. The van der Waals surface area contributed by atoms with E-state index < -0.39 is 0 Å². The Hall–Kier alpha value is -0.590. The van der Waals surface area contributed by atoms with E-state index in [4.69, 9.17) is 28.9 Å². The van der Waals surface area contributed by atoms with Crippen LogP contribution in [0.25, 0.3) is 0 Å². The average Bonchev–Trinajstić information content (AvgIpc) is 2.36. The summed E-state index contributed by atoms with van der Waals surface area (Å²) in [4.78, 5) is 9.03. The van der Waals surface area contributed by atoms with Gasteiger partial charge >= 0.3 is 0 Å². The lowest BCUT2D eigenvalue weighted by atomic mass is 9.92. The number of aromatic nitrogens is 2. The summed E-state index contributed by atoms with van der Waals surface area (Å²) in [6.45, 7) is 6.30. The molecular weight excluding hydrogens is 420 g/mol. The van der Waals surface area contributed by atoms with Crippen LogP contribution in [0.5, 0.6) is 0 Å². The number of nitrogen functional groups attached to an aromatic ring is 1. The lowest BCUT2D eigenvalue weighted by Crippen LogP contribution is -2.19. The summed E-state index contributed by atoms with van der Waals surface area (Å²) < 4.78 is 0.897. The van der Waals surface area contributed by atoms with Crippen LogP contribution >= 0.6 is 45.8 Å². The first-order chi connectivity index (χ1) is 9.70. The van der Waals surface area contributed by atoms with E-state index >= 15 is 0 Å². The van der Waals surface area contributed by atoms with Crippen molar-refractivity contribution in [3.8, 4) is 0 Å². The second kappa shape index (κ2) is 6.26. The van der Waals surface area contributed by atoms with Crippen molar-refractivity contribution in [1.29, 1.82) is 0 Å². The molecule has 0 aliphatic heterocycles. The molecule has 1 aromatic carbocycles. The van der Waals surface area contributed by atoms with Gasteiger partial charge in [-0.3, -0.25) is 0 Å². The summed E-state index contributed by atoms with van der Waals surface area (Å²) in [7, 11) is 0. The third-order valence-electron chi connectivity index (χ3n) is 3.03. The normalized spacial score (nSPS) is 11.7. The van der Waals surface area contributed by atoms with E-state index in [1.165, 1.54) is 0 Å². The molecule has 1 heterocycles. The molecule has 0 fully saturated rings. The monoisotopic (exact) mass is 435 g/mol. The van der Waals surface area contributed by atoms with Gasteiger partial charge in [0, 0.05) is 21.9 Å². The van der Waals surface area contributed by atoms with Gasteiger partial charge in [0.05, 0.1) is 9.26 Å². The van der Waals surface area contributed by atoms with E-state index in [1.807, 2.05) is 18.2 Å². The van der Waals surface area contributed by atoms with Crippen molar-refractivity contribution in [2.45, 2.75) is 32.6 Å². The second-order valence-electron chi connectivity index (χ2n) is 5.81. The van der Waals surface area contributed by atoms with Crippen LogP contribution in [-0.4, -0.2) is 9.97 Å². The van der Waals surface area contributed by atoms with Crippen LogP contribution in [0.2, 0.25) is 10.0 Å². The van der Waals surface area contributed by atoms with E-state index in [1.54, 1.807) is 0 Å². The van der Waals surface area contributed by atoms with E-state index in [9.17, 15) is 0 Å². The zero-order valence-corrected chi connectivity index (χ0v) is 15.7. The first-order valence-electron chi connectivity index (χ1n) is 6.45. The molecule has 0 spiro atoms. The largest absolute Gasteiger partial charge is 0.383 e. The molecule has 1 aromatic heterocycles. The molecule has 0 amide bonds. The first kappa shape index (κ1) is 16.8. The smallest absolute Gasteiger partial charge is 0.140 e. The number of benzene rings is 1. The van der Waals surface area contributed by atoms with Gasteiger partial charge in [0.1, 0.15) is 11.6 Å². The minimum atomic E-state index is -0.105. The predicted molar refractivity (Wildman–Crippen MR) is 97.1 cm³/mol. The fourth-order valence-electron chi connectivity index (χ4n) is 1.95. The van der Waals surface area contributed by atoms with Gasteiger partial charge in [-0.2, -0.15) is 0 Å². The first-order valence-corrected chi connectivity index (χ1v) is 8.29. The maximum Gasteiger partial charge on any atom is 0.140 e. The van der Waals surface area contributed by atoms with Crippen LogP contribution in [0.15, 0.2) is 18.2 Å². The quantitative estimate of drug-likeness (QED) is 0.685. The van der Waals surface area contributed by atoms with Gasteiger partial charge in [0.2, 0.25) is 0 Å². The maximum absolute atomic E-state index is 6.21. The molecule has 2 N–H and O–H groups in total. The third-order valence-corrected chi connectivity index (χ3v) is 4.80. The molecule has 112 valence electrons. The van der Waals surface area contributed by atoms with Crippen molar-refractivity contribution >= 4 is 51.6 Å². The van der Waals surface area contributed by atoms with Crippen LogP contribution < -0.4 is 5.73 Å². The highest BCUT2D eigenvalue weighted by atomic mass is 127. The number of hydrogen-bond acceptors (Lipinski definition) is 3. The molecule has 0 unspecified atom stereocenters. The SMILES string of the molecule is CC(C)(C)c1nc(Cc2c(Cl)cccc2Cl)nc(N)c1I. The molecule has 0 saturated carbocycles. The van der Waals surface area contributed by atoms with Crippen LogP contribution in [0.1, 0.15) is 37.9 Å². The molecule has 3 nitrogen and oxygen atoms in total. The Bertz CT molecular complexity index is 661. The van der Waals surface area contributed by atoms with E-state index in [0.717, 1.165) is 14.8 Å². The van der Waals surface area contributed by atoms with Crippen LogP contribution in [0.4, 0.5) is 5.82 Å². The molecule has 0 aliphatic rings. The van der Waals surface area contributed by atoms with Crippen molar-refractivity contribution < 1.29 is 0 Å². The topological polar surface area (TPSA) is 51.8 Å². The number of anilines is 1. The van der Waals surface area contributed by atoms with Crippen molar-refractivity contribution in [2.75, 3.05) is 5.73 Å². The Morgan fingerprint density at radius 3 is 2.24 bits per heavy atom. The van der Waals surface area contributed by atoms with Crippen molar-refractivity contribution in [3.05, 3.63) is 48.9 Å². The highest BCUT2D eigenvalue weighted by molar-refractivity contribution is 14.1. The van der Waals surface area contributed by atoms with Crippen molar-refractivity contribution in [1.82, 2.24) is 9.97 Å². The predicted octanol–water partition coefficient (Wildman–Crippen LogP) is 4.86. The molecule has 0 radical (unpaired) electrons. The van der Waals surface area contributed by atoms with E-state index in [-0.39, 0.29) is 5.41 Å². The summed E-state index contributed by atoms with van der Waals surface area (Å²) in [5.41, 5.74) is 7.68. The number of nitrogens with two attached hydrogens (primary N) is 1. The van der Waals surface area contributed by atoms with Crippen molar-refractivity contribution in [2.24, 2.45) is 0 Å². The fraction of sp³-hybridized carbons (Fsp3) is 0.333. The van der Waals surface area contributed by atoms with Gasteiger partial charge in [-0.15, -0.1) is 0 Å². The van der Waals surface area contributed by atoms with Gasteiger partial charge in [-0.05, 0) is 40.3 Å². The molecule has 21 heavy (non-hydrogen) atoms. The van der Waals surface area contributed by atoms with Crippen LogP contribution in [0.3, 0.4) is 0 Å². The molecule has 2 rings (SSSR count). The summed E-state index contributed by atoms with van der Waals surface area (Å²) in [5, 5.41) is 1.22. The van der Waals surface area contributed by atoms with Gasteiger partial charge in [0.25, 0.3) is 0 Å². The zero-order chi connectivity index (χ0) is 15.8. The third kappa shape index (κ3) is 3.79. The number of hydrogen-bond donors (Lipinski definition) is 1. The van der Waals surface area contributed by atoms with Crippen LogP contribution in [-0.2, 0) is 11.8 Å². The summed E-state index contributed by atoms with van der Waals surface area (Å²) in [5.74, 6) is 1.13. The lowest BCUT2D eigenvalue weighted by molar-refractivity contribution is 0.559. The van der Waals surface area contributed by atoms with E-state index in [2.05, 4.69) is 53.3 Å². The van der Waals surface area contributed by atoms with Gasteiger partial charge < -0.3 is 5.73 Å². The molecule has 0 aliphatic carbocycles. The molecule has 6 heteroatoms. The Labute approximate surface area is 148 Å². The maximum atomic E-state index is 6.21. The Balaban J connectivity index is 2.49. The van der Waals surface area contributed by atoms with Gasteiger partial charge in [-0.25, -0.2) is 9.97 Å². The number of nitrogens with zero attached hydrogens (tertiary/aromatic N) is 2. The lowest BCUT2D eigenvalue weighted by Gasteiger charge is -2.21. The average molecular weight is 436 g/mol. The highest BCUT2D eigenvalue weighted by Gasteiger charge is 2.22. The summed E-state index contributed by atoms with van der Waals surface area (Å²) in [6.07, 6.45) is 0.461. The van der Waals surface area contributed by atoms with Crippen molar-refractivity contribution in [3.63, 3.8) is 0 Å². The Morgan fingerprint density at radius 2 is 1.71 bits per heavy atom. The zero-order valence-electron chi connectivity index (χ0n) is 12.0. The minimum absolute atomic E-state index is 0.105. The molecule has 0 bridgehead atoms. The summed E-state index contributed by atoms with van der Waals surface area (Å²) >= 11 is 14.6. The second-order valence-corrected chi connectivity index (χ2v) is 7.71. The number of halogens is 3. The fourth-order valence-corrected chi connectivity index (χ4v) is 3.53. The minimum Gasteiger partial charge on any atom is -0.383 e. The standard InChI is InChI=1S/C15H16Cl2IN3/c1-15(2,3)13-12(18)14(19)21-11(20-13)7-8-9(16)5-4-6-10(8)17/h4-6H,7H2,1-3H3,(H2,19,20,21). The molecule has 0 atom stereocenters. The van der Waals surface area contributed by atoms with Gasteiger partial charge in [-0.1, -0.05) is 50.0 Å². The molecule has 2 aromatic rings. The number of rotatable bonds is 2. The van der Waals surface area contributed by atoms with Crippen LogP contribution in [0, 0.1) is 3.57 Å². The Kier molecular flexibility index (Phi) is 5.00. The highest BCUT2D eigenvalue weighted by Crippen LogP contribution is 2.30. The van der Waals surface area contributed by atoms with Gasteiger partial charge in [0.15, 0.2) is 0 Å².